The van der Waals surface area contributed by atoms with Crippen LogP contribution in [0.15, 0.2) is 57.5 Å². The van der Waals surface area contributed by atoms with Crippen molar-refractivity contribution in [2.45, 2.75) is 13.5 Å². The second kappa shape index (κ2) is 10.8. The normalized spacial score (nSPS) is 10.5. The third-order valence-electron chi connectivity index (χ3n) is 4.35. The number of nitro groups is 2. The van der Waals surface area contributed by atoms with Gasteiger partial charge in [0.15, 0.2) is 11.5 Å². The molecule has 3 aromatic carbocycles. The van der Waals surface area contributed by atoms with E-state index in [1.807, 2.05) is 12.1 Å². The fourth-order valence-corrected chi connectivity index (χ4v) is 3.85. The van der Waals surface area contributed by atoms with E-state index < -0.39 is 21.2 Å². The van der Waals surface area contributed by atoms with Crippen molar-refractivity contribution in [2.24, 2.45) is 0 Å². The second-order valence-corrected chi connectivity index (χ2v) is 8.70. The Balaban J connectivity index is 1.90. The molecule has 33 heavy (non-hydrogen) atoms. The second-order valence-electron chi connectivity index (χ2n) is 6.59. The van der Waals surface area contributed by atoms with Crippen LogP contribution in [0, 0.1) is 20.2 Å². The highest BCUT2D eigenvalue weighted by atomic mass is 79.9. The lowest BCUT2D eigenvalue weighted by Gasteiger charge is -2.16. The predicted molar refractivity (Wildman–Crippen MR) is 132 cm³/mol. The standard InChI is InChI=1S/C21H16Br2ClN3O6/c1-2-32-20-8-12(11-25-13-3-5-15(22)17(24)9-13)7-16(23)21(20)33-19-6-4-14(26(28)29)10-18(19)27(30)31/h3-10,25H,2,11H2,1H3. The molecule has 0 saturated heterocycles. The van der Waals surface area contributed by atoms with Crippen LogP contribution in [-0.4, -0.2) is 16.5 Å². The lowest BCUT2D eigenvalue weighted by molar-refractivity contribution is -0.394. The number of hydrogen-bond acceptors (Lipinski definition) is 7. The van der Waals surface area contributed by atoms with E-state index in [1.54, 1.807) is 25.1 Å². The summed E-state index contributed by atoms with van der Waals surface area (Å²) in [6.07, 6.45) is 0. The van der Waals surface area contributed by atoms with Crippen LogP contribution in [0.2, 0.25) is 5.02 Å². The number of nitrogens with one attached hydrogen (secondary N) is 1. The highest BCUT2D eigenvalue weighted by Gasteiger charge is 2.23. The first-order valence-corrected chi connectivity index (χ1v) is 11.4. The van der Waals surface area contributed by atoms with Gasteiger partial charge in [0, 0.05) is 22.8 Å². The molecule has 0 aliphatic rings. The molecule has 0 heterocycles. The molecule has 0 aromatic heterocycles. The number of non-ortho nitro benzene ring substituents is 1. The van der Waals surface area contributed by atoms with Crippen molar-refractivity contribution < 1.29 is 19.3 Å². The summed E-state index contributed by atoms with van der Waals surface area (Å²) in [6.45, 7) is 2.56. The number of nitrogens with zero attached hydrogens (tertiary/aromatic N) is 2. The number of halogens is 3. The molecule has 3 aromatic rings. The molecule has 0 bridgehead atoms. The molecule has 1 N–H and O–H groups in total. The van der Waals surface area contributed by atoms with Crippen molar-refractivity contribution in [3.05, 3.63) is 88.3 Å². The van der Waals surface area contributed by atoms with Crippen LogP contribution in [0.1, 0.15) is 12.5 Å². The summed E-state index contributed by atoms with van der Waals surface area (Å²) in [4.78, 5) is 21.0. The van der Waals surface area contributed by atoms with Crippen molar-refractivity contribution in [1.29, 1.82) is 0 Å². The van der Waals surface area contributed by atoms with Gasteiger partial charge in [-0.3, -0.25) is 20.2 Å². The Kier molecular flexibility index (Phi) is 8.11. The van der Waals surface area contributed by atoms with Gasteiger partial charge in [-0.25, -0.2) is 0 Å². The Hall–Kier alpha value is -2.89. The van der Waals surface area contributed by atoms with Gasteiger partial charge in [0.2, 0.25) is 5.75 Å². The van der Waals surface area contributed by atoms with Gasteiger partial charge in [0.05, 0.1) is 32.0 Å². The van der Waals surface area contributed by atoms with Crippen LogP contribution in [0.4, 0.5) is 17.1 Å². The molecule has 0 atom stereocenters. The van der Waals surface area contributed by atoms with Crippen molar-refractivity contribution in [2.75, 3.05) is 11.9 Å². The molecule has 9 nitrogen and oxygen atoms in total. The molecule has 172 valence electrons. The molecule has 0 fully saturated rings. The zero-order valence-electron chi connectivity index (χ0n) is 17.0. The zero-order valence-corrected chi connectivity index (χ0v) is 20.9. The summed E-state index contributed by atoms with van der Waals surface area (Å²) in [5.74, 6) is 0.414. The molecule has 0 unspecified atom stereocenters. The number of nitro benzene ring substituents is 2. The van der Waals surface area contributed by atoms with Crippen molar-refractivity contribution in [3.63, 3.8) is 0 Å². The number of ether oxygens (including phenoxy) is 2. The average molecular weight is 602 g/mol. The molecular weight excluding hydrogens is 586 g/mol. The first-order chi connectivity index (χ1) is 15.7. The molecule has 3 rings (SSSR count). The largest absolute Gasteiger partial charge is 0.490 e. The number of hydrogen-bond donors (Lipinski definition) is 1. The first-order valence-electron chi connectivity index (χ1n) is 9.44. The minimum absolute atomic E-state index is 0.150. The predicted octanol–water partition coefficient (Wildman–Crippen LogP) is 7.48. The minimum Gasteiger partial charge on any atom is -0.490 e. The van der Waals surface area contributed by atoms with Gasteiger partial charge < -0.3 is 14.8 Å². The van der Waals surface area contributed by atoms with Crippen LogP contribution in [0.5, 0.6) is 17.2 Å². The molecule has 0 radical (unpaired) electrons. The summed E-state index contributed by atoms with van der Waals surface area (Å²) >= 11 is 12.9. The highest BCUT2D eigenvalue weighted by Crippen LogP contribution is 2.43. The molecule has 0 aliphatic heterocycles. The van der Waals surface area contributed by atoms with E-state index in [1.165, 1.54) is 6.07 Å². The van der Waals surface area contributed by atoms with Crippen LogP contribution in [0.25, 0.3) is 0 Å². The Labute approximate surface area is 210 Å². The fourth-order valence-electron chi connectivity index (χ4n) is 2.85. The number of rotatable bonds is 9. The summed E-state index contributed by atoms with van der Waals surface area (Å²) in [7, 11) is 0. The topological polar surface area (TPSA) is 117 Å². The van der Waals surface area contributed by atoms with E-state index in [2.05, 4.69) is 37.2 Å². The van der Waals surface area contributed by atoms with Crippen LogP contribution in [0.3, 0.4) is 0 Å². The van der Waals surface area contributed by atoms with Crippen LogP contribution in [-0.2, 0) is 6.54 Å². The monoisotopic (exact) mass is 599 g/mol. The Morgan fingerprint density at radius 1 is 0.970 bits per heavy atom. The third kappa shape index (κ3) is 6.12. The maximum Gasteiger partial charge on any atom is 0.318 e. The van der Waals surface area contributed by atoms with E-state index in [4.69, 9.17) is 21.1 Å². The van der Waals surface area contributed by atoms with Gasteiger partial charge in [0.1, 0.15) is 0 Å². The molecule has 0 aliphatic carbocycles. The Bertz CT molecular complexity index is 1220. The van der Waals surface area contributed by atoms with E-state index in [0.717, 1.165) is 27.9 Å². The van der Waals surface area contributed by atoms with Gasteiger partial charge in [0.25, 0.3) is 5.69 Å². The van der Waals surface area contributed by atoms with Crippen molar-refractivity contribution >= 4 is 60.5 Å². The van der Waals surface area contributed by atoms with Gasteiger partial charge in [-0.1, -0.05) is 11.6 Å². The summed E-state index contributed by atoms with van der Waals surface area (Å²) in [5.41, 5.74) is 0.720. The maximum atomic E-state index is 11.4. The molecule has 0 saturated carbocycles. The van der Waals surface area contributed by atoms with E-state index in [-0.39, 0.29) is 11.5 Å². The van der Waals surface area contributed by atoms with Gasteiger partial charge >= 0.3 is 5.69 Å². The Morgan fingerprint density at radius 3 is 2.36 bits per heavy atom. The van der Waals surface area contributed by atoms with Crippen molar-refractivity contribution in [3.8, 4) is 17.2 Å². The van der Waals surface area contributed by atoms with Crippen molar-refractivity contribution in [1.82, 2.24) is 0 Å². The summed E-state index contributed by atoms with van der Waals surface area (Å²) < 4.78 is 12.8. The average Bonchev–Trinajstić information content (AvgIpc) is 2.77. The summed E-state index contributed by atoms with van der Waals surface area (Å²) in [5, 5.41) is 26.2. The molecule has 12 heteroatoms. The maximum absolute atomic E-state index is 11.4. The van der Waals surface area contributed by atoms with E-state index in [9.17, 15) is 20.2 Å². The smallest absolute Gasteiger partial charge is 0.318 e. The lowest BCUT2D eigenvalue weighted by Crippen LogP contribution is -2.03. The number of benzene rings is 3. The third-order valence-corrected chi connectivity index (χ3v) is 6.17. The van der Waals surface area contributed by atoms with Gasteiger partial charge in [-0.05, 0) is 80.7 Å². The molecule has 0 amide bonds. The van der Waals surface area contributed by atoms with Crippen LogP contribution >= 0.6 is 43.5 Å². The van der Waals surface area contributed by atoms with E-state index >= 15 is 0 Å². The minimum atomic E-state index is -0.738. The molecule has 0 spiro atoms. The zero-order chi connectivity index (χ0) is 24.1. The quantitative estimate of drug-likeness (QED) is 0.200. The first kappa shape index (κ1) is 24.7. The van der Waals surface area contributed by atoms with E-state index in [0.29, 0.717) is 28.4 Å². The number of anilines is 1. The van der Waals surface area contributed by atoms with Gasteiger partial charge in [-0.2, -0.15) is 0 Å². The highest BCUT2D eigenvalue weighted by molar-refractivity contribution is 9.10. The van der Waals surface area contributed by atoms with Crippen LogP contribution < -0.4 is 14.8 Å². The SMILES string of the molecule is CCOc1cc(CNc2ccc(Br)c(Cl)c2)cc(Br)c1Oc1ccc([N+](=O)[O-])cc1[N+](=O)[O-]. The molecular formula is C21H16Br2ClN3O6. The fraction of sp³-hybridized carbons (Fsp3) is 0.143. The summed E-state index contributed by atoms with van der Waals surface area (Å²) in [6, 6.07) is 12.2. The van der Waals surface area contributed by atoms with Gasteiger partial charge in [-0.15, -0.1) is 0 Å². The Morgan fingerprint density at radius 2 is 1.73 bits per heavy atom. The lowest BCUT2D eigenvalue weighted by atomic mass is 10.2.